The van der Waals surface area contributed by atoms with E-state index in [1.54, 1.807) is 6.08 Å². The molecule has 1 aromatic carbocycles. The Balaban J connectivity index is 2.09. The van der Waals surface area contributed by atoms with Crippen molar-refractivity contribution < 1.29 is 22.7 Å². The van der Waals surface area contributed by atoms with Gasteiger partial charge in [-0.05, 0) is 56.1 Å². The number of alkyl halides is 3. The number of hydrogen-bond acceptors (Lipinski definition) is 4. The summed E-state index contributed by atoms with van der Waals surface area (Å²) in [5.74, 6) is 0.0108. The Morgan fingerprint density at radius 2 is 1.74 bits per heavy atom. The lowest BCUT2D eigenvalue weighted by atomic mass is 10.3. The van der Waals surface area contributed by atoms with Crippen molar-refractivity contribution in [2.24, 2.45) is 0 Å². The Bertz CT molecular complexity index is 840. The Morgan fingerprint density at radius 1 is 1.11 bits per heavy atom. The molecule has 0 aliphatic rings. The summed E-state index contributed by atoms with van der Waals surface area (Å²) in [5, 5.41) is 0.0694. The van der Waals surface area contributed by atoms with Crippen molar-refractivity contribution in [1.29, 1.82) is 0 Å². The number of nitrogens with zero attached hydrogens (tertiary/aromatic N) is 1. The number of anilines is 1. The number of aromatic nitrogens is 1. The zero-order valence-corrected chi connectivity index (χ0v) is 18.3. The summed E-state index contributed by atoms with van der Waals surface area (Å²) in [6.45, 7) is 0.208. The van der Waals surface area contributed by atoms with Crippen LogP contribution in [0, 0.1) is 0 Å². The normalized spacial score (nSPS) is 11.1. The maximum Gasteiger partial charge on any atom is 0.417 e. The largest absolute Gasteiger partial charge is 0.486 e. The summed E-state index contributed by atoms with van der Waals surface area (Å²) in [4.78, 5) is 8.65. The number of nitrogens with one attached hydrogen (secondary N) is 1. The van der Waals surface area contributed by atoms with Crippen molar-refractivity contribution in [3.05, 3.63) is 54.5 Å². The highest BCUT2D eigenvalue weighted by Gasteiger charge is 2.31. The molecule has 0 spiro atoms. The fourth-order valence-corrected chi connectivity index (χ4v) is 2.77. The molecule has 1 N–H and O–H groups in total. The molecule has 2 aromatic rings. The van der Waals surface area contributed by atoms with Gasteiger partial charge in [0.1, 0.15) is 11.6 Å². The standard InChI is InChI=1S/C15H8Br2Cl3F3N2O2/c16-12(17)1-2-26-13-9(18)4-8(5-10(13)19)25-27-14-11(20)3-7(6-24-14)15(21,22)23/h1,3-6,25H,2H2. The third-order valence-electron chi connectivity index (χ3n) is 2.86. The minimum Gasteiger partial charge on any atom is -0.486 e. The Kier molecular flexibility index (Phi) is 7.94. The molecule has 2 rings (SSSR count). The lowest BCUT2D eigenvalue weighted by molar-refractivity contribution is -0.137. The van der Waals surface area contributed by atoms with E-state index in [0.29, 0.717) is 21.3 Å². The van der Waals surface area contributed by atoms with Gasteiger partial charge in [0.15, 0.2) is 5.75 Å². The van der Waals surface area contributed by atoms with Crippen LogP contribution in [0.4, 0.5) is 18.9 Å². The van der Waals surface area contributed by atoms with Gasteiger partial charge in [0.25, 0.3) is 5.88 Å². The van der Waals surface area contributed by atoms with Crippen LogP contribution in [0.1, 0.15) is 5.56 Å². The smallest absolute Gasteiger partial charge is 0.417 e. The van der Waals surface area contributed by atoms with Gasteiger partial charge >= 0.3 is 6.18 Å². The van der Waals surface area contributed by atoms with Crippen molar-refractivity contribution in [1.82, 2.24) is 4.98 Å². The lowest BCUT2D eigenvalue weighted by Gasteiger charge is -2.13. The third kappa shape index (κ3) is 6.60. The monoisotopic (exact) mass is 568 g/mol. The molecule has 0 bridgehead atoms. The molecule has 1 aromatic heterocycles. The van der Waals surface area contributed by atoms with E-state index in [0.717, 1.165) is 0 Å². The quantitative estimate of drug-likeness (QED) is 0.366. The average Bonchev–Trinajstić information content (AvgIpc) is 2.55. The summed E-state index contributed by atoms with van der Waals surface area (Å²) in [6, 6.07) is 3.61. The number of benzene rings is 1. The summed E-state index contributed by atoms with van der Waals surface area (Å²) in [7, 11) is 0. The van der Waals surface area contributed by atoms with E-state index in [4.69, 9.17) is 44.4 Å². The highest BCUT2D eigenvalue weighted by atomic mass is 79.9. The van der Waals surface area contributed by atoms with Crippen LogP contribution in [-0.4, -0.2) is 11.6 Å². The van der Waals surface area contributed by atoms with Crippen molar-refractivity contribution in [2.75, 3.05) is 12.1 Å². The molecular formula is C15H8Br2Cl3F3N2O2. The SMILES string of the molecule is FC(F)(F)c1cnc(ONc2cc(Cl)c(OCC=C(Br)Br)c(Cl)c2)c(Cl)c1. The molecule has 0 aliphatic heterocycles. The number of hydrogen-bond donors (Lipinski definition) is 1. The van der Waals surface area contributed by atoms with Gasteiger partial charge in [-0.3, -0.25) is 0 Å². The molecule has 0 atom stereocenters. The van der Waals surface area contributed by atoms with E-state index in [-0.39, 0.29) is 33.3 Å². The summed E-state index contributed by atoms with van der Waals surface area (Å²) >= 11 is 24.4. The number of halogens is 8. The second kappa shape index (κ2) is 9.56. The van der Waals surface area contributed by atoms with Crippen molar-refractivity contribution >= 4 is 72.4 Å². The highest BCUT2D eigenvalue weighted by molar-refractivity contribution is 9.28. The molecule has 0 saturated carbocycles. The van der Waals surface area contributed by atoms with Crippen molar-refractivity contribution in [2.45, 2.75) is 6.18 Å². The summed E-state index contributed by atoms with van der Waals surface area (Å²) in [5.41, 5.74) is 1.79. The van der Waals surface area contributed by atoms with Gasteiger partial charge in [-0.15, -0.1) is 0 Å². The van der Waals surface area contributed by atoms with Crippen molar-refractivity contribution in [3.63, 3.8) is 0 Å². The maximum atomic E-state index is 12.6. The van der Waals surface area contributed by atoms with Gasteiger partial charge in [-0.1, -0.05) is 34.8 Å². The van der Waals surface area contributed by atoms with Gasteiger partial charge in [0.2, 0.25) is 0 Å². The minimum atomic E-state index is -4.56. The highest BCUT2D eigenvalue weighted by Crippen LogP contribution is 2.37. The van der Waals surface area contributed by atoms with Crippen LogP contribution in [0.5, 0.6) is 11.6 Å². The lowest BCUT2D eigenvalue weighted by Crippen LogP contribution is -2.09. The Labute approximate surface area is 183 Å². The first-order chi connectivity index (χ1) is 12.6. The van der Waals surface area contributed by atoms with Crippen LogP contribution in [0.15, 0.2) is 33.9 Å². The fraction of sp³-hybridized carbons (Fsp3) is 0.133. The van der Waals surface area contributed by atoms with Gasteiger partial charge in [-0.2, -0.15) is 13.2 Å². The van der Waals surface area contributed by atoms with E-state index in [2.05, 4.69) is 42.3 Å². The first-order valence-electron chi connectivity index (χ1n) is 6.86. The second-order valence-electron chi connectivity index (χ2n) is 4.79. The van der Waals surface area contributed by atoms with Crippen LogP contribution >= 0.6 is 66.7 Å². The summed E-state index contributed by atoms with van der Waals surface area (Å²) in [6.07, 6.45) is -2.26. The van der Waals surface area contributed by atoms with Crippen LogP contribution in [0.25, 0.3) is 0 Å². The molecule has 0 aliphatic carbocycles. The van der Waals surface area contributed by atoms with E-state index in [1.165, 1.54) is 12.1 Å². The Hall–Kier alpha value is -0.870. The first-order valence-corrected chi connectivity index (χ1v) is 9.58. The van der Waals surface area contributed by atoms with Crippen molar-refractivity contribution in [3.8, 4) is 11.6 Å². The minimum absolute atomic E-state index is 0.194. The van der Waals surface area contributed by atoms with Gasteiger partial charge in [0, 0.05) is 6.20 Å². The Morgan fingerprint density at radius 3 is 2.26 bits per heavy atom. The molecule has 12 heteroatoms. The molecular weight excluding hydrogens is 563 g/mol. The molecule has 1 heterocycles. The molecule has 27 heavy (non-hydrogen) atoms. The third-order valence-corrected chi connectivity index (χ3v) is 4.34. The fourth-order valence-electron chi connectivity index (χ4n) is 1.71. The van der Waals surface area contributed by atoms with Crippen LogP contribution in [0.3, 0.4) is 0 Å². The number of rotatable bonds is 6. The second-order valence-corrected chi connectivity index (χ2v) is 8.78. The molecule has 0 saturated heterocycles. The van der Waals surface area contributed by atoms with E-state index < -0.39 is 11.7 Å². The molecule has 0 radical (unpaired) electrons. The average molecular weight is 571 g/mol. The van der Waals surface area contributed by atoms with E-state index in [9.17, 15) is 13.2 Å². The van der Waals surface area contributed by atoms with Crippen LogP contribution in [0.2, 0.25) is 15.1 Å². The molecule has 146 valence electrons. The zero-order valence-electron chi connectivity index (χ0n) is 12.9. The van der Waals surface area contributed by atoms with E-state index >= 15 is 0 Å². The molecule has 4 nitrogen and oxygen atoms in total. The maximum absolute atomic E-state index is 12.6. The number of ether oxygens (including phenoxy) is 1. The van der Waals surface area contributed by atoms with E-state index in [1.807, 2.05) is 0 Å². The summed E-state index contributed by atoms with van der Waals surface area (Å²) < 4.78 is 44.0. The number of pyridine rings is 1. The molecule has 0 fully saturated rings. The zero-order chi connectivity index (χ0) is 20.2. The van der Waals surface area contributed by atoms with Gasteiger partial charge in [0.05, 0.1) is 24.7 Å². The molecule has 0 unspecified atom stereocenters. The van der Waals surface area contributed by atoms with Crippen LogP contribution < -0.4 is 15.1 Å². The van der Waals surface area contributed by atoms with Crippen LogP contribution in [-0.2, 0) is 6.18 Å². The predicted octanol–water partition coefficient (Wildman–Crippen LogP) is 7.48. The molecule has 0 amide bonds. The first kappa shape index (κ1) is 22.4. The van der Waals surface area contributed by atoms with Gasteiger partial charge < -0.3 is 9.57 Å². The topological polar surface area (TPSA) is 43.4 Å². The van der Waals surface area contributed by atoms with Gasteiger partial charge in [-0.25, -0.2) is 10.5 Å². The predicted molar refractivity (Wildman–Crippen MR) is 106 cm³/mol.